The fourth-order valence-corrected chi connectivity index (χ4v) is 1.51. The zero-order valence-corrected chi connectivity index (χ0v) is 9.94. The van der Waals surface area contributed by atoms with Gasteiger partial charge in [-0.3, -0.25) is 0 Å². The molecule has 0 radical (unpaired) electrons. The van der Waals surface area contributed by atoms with E-state index in [0.717, 1.165) is 17.8 Å². The number of aromatic nitrogens is 1. The van der Waals surface area contributed by atoms with E-state index in [1.165, 1.54) is 0 Å². The summed E-state index contributed by atoms with van der Waals surface area (Å²) in [5, 5.41) is 9.64. The third kappa shape index (κ3) is 2.69. The molecule has 0 fully saturated rings. The second-order valence-corrected chi connectivity index (χ2v) is 3.96. The predicted molar refractivity (Wildman–Crippen MR) is 63.0 cm³/mol. The van der Waals surface area contributed by atoms with Crippen LogP contribution in [-0.4, -0.2) is 23.2 Å². The molecule has 15 heavy (non-hydrogen) atoms. The summed E-state index contributed by atoms with van der Waals surface area (Å²) in [5.74, 6) is 0.877. The van der Waals surface area contributed by atoms with Gasteiger partial charge in [0.2, 0.25) is 0 Å². The van der Waals surface area contributed by atoms with Crippen LogP contribution >= 0.6 is 0 Å². The van der Waals surface area contributed by atoms with Gasteiger partial charge in [0.05, 0.1) is 6.10 Å². The molecule has 0 amide bonds. The zero-order chi connectivity index (χ0) is 11.4. The van der Waals surface area contributed by atoms with Crippen LogP contribution in [0.1, 0.15) is 38.9 Å². The molecule has 1 rings (SSSR count). The van der Waals surface area contributed by atoms with Crippen LogP contribution in [0.2, 0.25) is 0 Å². The van der Waals surface area contributed by atoms with Crippen molar-refractivity contribution < 1.29 is 5.11 Å². The second-order valence-electron chi connectivity index (χ2n) is 3.96. The van der Waals surface area contributed by atoms with E-state index < -0.39 is 6.10 Å². The molecule has 3 nitrogen and oxygen atoms in total. The number of aliphatic hydroxyl groups is 1. The van der Waals surface area contributed by atoms with Gasteiger partial charge in [-0.25, -0.2) is 4.98 Å². The standard InChI is InChI=1S/C12H20N2O/c1-5-9(2)14(4)12-11(10(3)15)7-6-8-13-12/h6-10,15H,5H2,1-4H3/t9?,10-/m1/s1. The van der Waals surface area contributed by atoms with Crippen LogP contribution in [0.4, 0.5) is 5.82 Å². The smallest absolute Gasteiger partial charge is 0.134 e. The van der Waals surface area contributed by atoms with E-state index in [1.54, 1.807) is 13.1 Å². The van der Waals surface area contributed by atoms with Crippen LogP contribution in [0.15, 0.2) is 18.3 Å². The average Bonchev–Trinajstić information content (AvgIpc) is 2.27. The van der Waals surface area contributed by atoms with E-state index in [0.29, 0.717) is 6.04 Å². The topological polar surface area (TPSA) is 36.4 Å². The van der Waals surface area contributed by atoms with Crippen LogP contribution in [0.3, 0.4) is 0 Å². The minimum Gasteiger partial charge on any atom is -0.389 e. The van der Waals surface area contributed by atoms with Crippen LogP contribution in [0.25, 0.3) is 0 Å². The summed E-state index contributed by atoms with van der Waals surface area (Å²) in [6.07, 6.45) is 2.35. The first-order valence-electron chi connectivity index (χ1n) is 5.43. The highest BCUT2D eigenvalue weighted by Gasteiger charge is 2.15. The van der Waals surface area contributed by atoms with E-state index in [4.69, 9.17) is 0 Å². The lowest BCUT2D eigenvalue weighted by atomic mass is 10.1. The molecule has 2 atom stereocenters. The molecule has 1 heterocycles. The van der Waals surface area contributed by atoms with Crippen LogP contribution in [-0.2, 0) is 0 Å². The van der Waals surface area contributed by atoms with Gasteiger partial charge >= 0.3 is 0 Å². The van der Waals surface area contributed by atoms with E-state index in [-0.39, 0.29) is 0 Å². The molecule has 1 unspecified atom stereocenters. The number of hydrogen-bond donors (Lipinski definition) is 1. The number of hydrogen-bond acceptors (Lipinski definition) is 3. The van der Waals surface area contributed by atoms with Crippen molar-refractivity contribution >= 4 is 5.82 Å². The average molecular weight is 208 g/mol. The molecule has 0 saturated heterocycles. The number of rotatable bonds is 4. The predicted octanol–water partition coefficient (Wildman–Crippen LogP) is 2.37. The fourth-order valence-electron chi connectivity index (χ4n) is 1.51. The summed E-state index contributed by atoms with van der Waals surface area (Å²) in [4.78, 5) is 6.45. The van der Waals surface area contributed by atoms with Crippen molar-refractivity contribution in [2.24, 2.45) is 0 Å². The third-order valence-corrected chi connectivity index (χ3v) is 2.85. The lowest BCUT2D eigenvalue weighted by molar-refractivity contribution is 0.199. The third-order valence-electron chi connectivity index (χ3n) is 2.85. The Morgan fingerprint density at radius 1 is 1.47 bits per heavy atom. The maximum Gasteiger partial charge on any atom is 0.134 e. The minimum absolute atomic E-state index is 0.428. The molecule has 0 aromatic carbocycles. The Morgan fingerprint density at radius 2 is 2.13 bits per heavy atom. The van der Waals surface area contributed by atoms with Gasteiger partial charge < -0.3 is 10.0 Å². The van der Waals surface area contributed by atoms with Crippen molar-refractivity contribution in [2.75, 3.05) is 11.9 Å². The van der Waals surface area contributed by atoms with Crippen molar-refractivity contribution in [2.45, 2.75) is 39.3 Å². The summed E-state index contributed by atoms with van der Waals surface area (Å²) in [6.45, 7) is 6.07. The molecular formula is C12H20N2O. The summed E-state index contributed by atoms with van der Waals surface area (Å²) in [6, 6.07) is 4.21. The molecular weight excluding hydrogens is 188 g/mol. The quantitative estimate of drug-likeness (QED) is 0.825. The first-order valence-corrected chi connectivity index (χ1v) is 5.43. The van der Waals surface area contributed by atoms with Crippen molar-refractivity contribution in [3.63, 3.8) is 0 Å². The molecule has 0 aliphatic heterocycles. The van der Waals surface area contributed by atoms with Crippen molar-refractivity contribution in [1.29, 1.82) is 0 Å². The monoisotopic (exact) mass is 208 g/mol. The lowest BCUT2D eigenvalue weighted by Gasteiger charge is -2.27. The molecule has 1 N–H and O–H groups in total. The molecule has 0 saturated carbocycles. The maximum atomic E-state index is 9.64. The zero-order valence-electron chi connectivity index (χ0n) is 9.94. The van der Waals surface area contributed by atoms with Gasteiger partial charge in [0.25, 0.3) is 0 Å². The van der Waals surface area contributed by atoms with Gasteiger partial charge in [-0.1, -0.05) is 13.0 Å². The first-order chi connectivity index (χ1) is 7.07. The number of pyridine rings is 1. The van der Waals surface area contributed by atoms with E-state index in [2.05, 4.69) is 23.7 Å². The molecule has 1 aromatic heterocycles. The van der Waals surface area contributed by atoms with E-state index in [9.17, 15) is 5.11 Å². The largest absolute Gasteiger partial charge is 0.389 e. The molecule has 3 heteroatoms. The Bertz CT molecular complexity index is 312. The Hall–Kier alpha value is -1.09. The summed E-state index contributed by atoms with van der Waals surface area (Å²) in [7, 11) is 2.02. The van der Waals surface area contributed by atoms with E-state index >= 15 is 0 Å². The maximum absolute atomic E-state index is 9.64. The molecule has 1 aromatic rings. The molecule has 0 aliphatic carbocycles. The van der Waals surface area contributed by atoms with Gasteiger partial charge in [-0.15, -0.1) is 0 Å². The lowest BCUT2D eigenvalue weighted by Crippen LogP contribution is -2.30. The Kier molecular flexibility index (Phi) is 4.09. The number of aliphatic hydroxyl groups excluding tert-OH is 1. The molecule has 84 valence electrons. The fraction of sp³-hybridized carbons (Fsp3) is 0.583. The molecule has 0 spiro atoms. The van der Waals surface area contributed by atoms with Gasteiger partial charge in [-0.05, 0) is 26.3 Å². The van der Waals surface area contributed by atoms with Gasteiger partial charge in [-0.2, -0.15) is 0 Å². The molecule has 0 aliphatic rings. The minimum atomic E-state index is -0.472. The summed E-state index contributed by atoms with van der Waals surface area (Å²) >= 11 is 0. The Labute approximate surface area is 91.8 Å². The highest BCUT2D eigenvalue weighted by atomic mass is 16.3. The highest BCUT2D eigenvalue weighted by Crippen LogP contribution is 2.24. The van der Waals surface area contributed by atoms with Crippen LogP contribution in [0.5, 0.6) is 0 Å². The number of anilines is 1. The molecule has 0 bridgehead atoms. The van der Waals surface area contributed by atoms with Crippen molar-refractivity contribution in [3.8, 4) is 0 Å². The Balaban J connectivity index is 3.02. The van der Waals surface area contributed by atoms with Gasteiger partial charge in [0.1, 0.15) is 5.82 Å². The van der Waals surface area contributed by atoms with Crippen LogP contribution < -0.4 is 4.90 Å². The van der Waals surface area contributed by atoms with Crippen molar-refractivity contribution in [1.82, 2.24) is 4.98 Å². The van der Waals surface area contributed by atoms with Gasteiger partial charge in [0, 0.05) is 24.8 Å². The SMILES string of the molecule is CCC(C)N(C)c1ncccc1[C@@H](C)O. The van der Waals surface area contributed by atoms with Crippen LogP contribution in [0, 0.1) is 0 Å². The first kappa shape index (κ1) is 12.0. The number of nitrogens with zero attached hydrogens (tertiary/aromatic N) is 2. The Morgan fingerprint density at radius 3 is 2.67 bits per heavy atom. The summed E-state index contributed by atoms with van der Waals surface area (Å²) < 4.78 is 0. The summed E-state index contributed by atoms with van der Waals surface area (Å²) in [5.41, 5.74) is 0.889. The van der Waals surface area contributed by atoms with E-state index in [1.807, 2.05) is 19.2 Å². The normalized spacial score (nSPS) is 14.7. The second kappa shape index (κ2) is 5.12. The van der Waals surface area contributed by atoms with Crippen molar-refractivity contribution in [3.05, 3.63) is 23.9 Å². The highest BCUT2D eigenvalue weighted by molar-refractivity contribution is 5.47. The van der Waals surface area contributed by atoms with Gasteiger partial charge in [0.15, 0.2) is 0 Å².